The van der Waals surface area contributed by atoms with Crippen LogP contribution < -0.4 is 5.32 Å². The molecule has 0 bridgehead atoms. The van der Waals surface area contributed by atoms with Gasteiger partial charge < -0.3 is 14.5 Å². The summed E-state index contributed by atoms with van der Waals surface area (Å²) in [6, 6.07) is 2.02. The van der Waals surface area contributed by atoms with Gasteiger partial charge in [-0.1, -0.05) is 12.8 Å². The first kappa shape index (κ1) is 13.6. The number of ether oxygens (including phenoxy) is 1. The molecular weight excluding hydrogens is 226 g/mol. The van der Waals surface area contributed by atoms with Crippen LogP contribution >= 0.6 is 0 Å². The van der Waals surface area contributed by atoms with Gasteiger partial charge in [-0.25, -0.2) is 0 Å². The first-order chi connectivity index (χ1) is 8.54. The van der Waals surface area contributed by atoms with Crippen molar-refractivity contribution in [3.8, 4) is 0 Å². The standard InChI is InChI=1S/C15H25NO2/c1-15(2,3)16-10-14-12(8-9-17-14)11-18-13-6-4-5-7-13/h8-9,13,16H,4-7,10-11H2,1-3H3. The monoisotopic (exact) mass is 251 g/mol. The first-order valence-electron chi connectivity index (χ1n) is 6.96. The topological polar surface area (TPSA) is 34.4 Å². The van der Waals surface area contributed by atoms with Gasteiger partial charge in [0.2, 0.25) is 0 Å². The van der Waals surface area contributed by atoms with Gasteiger partial charge in [-0.3, -0.25) is 0 Å². The molecule has 102 valence electrons. The summed E-state index contributed by atoms with van der Waals surface area (Å²) in [7, 11) is 0. The van der Waals surface area contributed by atoms with Crippen molar-refractivity contribution in [2.45, 2.75) is 71.2 Å². The maximum absolute atomic E-state index is 5.93. The third-order valence-corrected chi connectivity index (χ3v) is 3.39. The molecule has 1 aromatic rings. The van der Waals surface area contributed by atoms with Gasteiger partial charge in [-0.05, 0) is 39.7 Å². The third kappa shape index (κ3) is 4.14. The van der Waals surface area contributed by atoms with E-state index in [1.165, 1.54) is 31.2 Å². The number of furan rings is 1. The third-order valence-electron chi connectivity index (χ3n) is 3.39. The van der Waals surface area contributed by atoms with E-state index in [0.717, 1.165) is 12.3 Å². The Kier molecular flexibility index (Phi) is 4.46. The minimum atomic E-state index is 0.108. The molecule has 1 saturated carbocycles. The van der Waals surface area contributed by atoms with E-state index in [1.807, 2.05) is 6.07 Å². The molecule has 1 fully saturated rings. The van der Waals surface area contributed by atoms with Crippen molar-refractivity contribution in [1.82, 2.24) is 5.32 Å². The molecule has 18 heavy (non-hydrogen) atoms. The van der Waals surface area contributed by atoms with Crippen molar-refractivity contribution in [1.29, 1.82) is 0 Å². The fourth-order valence-electron chi connectivity index (χ4n) is 2.26. The summed E-state index contributed by atoms with van der Waals surface area (Å²) >= 11 is 0. The molecule has 0 saturated heterocycles. The molecule has 0 aromatic carbocycles. The Bertz CT molecular complexity index is 359. The zero-order chi connectivity index (χ0) is 13.0. The summed E-state index contributed by atoms with van der Waals surface area (Å²) < 4.78 is 11.5. The highest BCUT2D eigenvalue weighted by molar-refractivity contribution is 5.16. The molecule has 0 atom stereocenters. The number of rotatable bonds is 5. The quantitative estimate of drug-likeness (QED) is 0.867. The Hall–Kier alpha value is -0.800. The highest BCUT2D eigenvalue weighted by Crippen LogP contribution is 2.23. The molecule has 0 spiro atoms. The molecule has 0 amide bonds. The van der Waals surface area contributed by atoms with Crippen LogP contribution in [0.5, 0.6) is 0 Å². The molecule has 0 radical (unpaired) electrons. The molecule has 0 aliphatic heterocycles. The maximum Gasteiger partial charge on any atom is 0.123 e. The Balaban J connectivity index is 1.83. The van der Waals surface area contributed by atoms with Crippen LogP contribution in [0, 0.1) is 0 Å². The van der Waals surface area contributed by atoms with Crippen molar-refractivity contribution in [3.63, 3.8) is 0 Å². The lowest BCUT2D eigenvalue weighted by molar-refractivity contribution is 0.0448. The van der Waals surface area contributed by atoms with E-state index in [-0.39, 0.29) is 5.54 Å². The first-order valence-corrected chi connectivity index (χ1v) is 6.96. The van der Waals surface area contributed by atoms with E-state index in [9.17, 15) is 0 Å². The van der Waals surface area contributed by atoms with E-state index < -0.39 is 0 Å². The summed E-state index contributed by atoms with van der Waals surface area (Å²) in [5, 5.41) is 3.44. The number of hydrogen-bond acceptors (Lipinski definition) is 3. The fourth-order valence-corrected chi connectivity index (χ4v) is 2.26. The Labute approximate surface area is 110 Å². The van der Waals surface area contributed by atoms with E-state index in [1.54, 1.807) is 6.26 Å². The molecule has 3 nitrogen and oxygen atoms in total. The van der Waals surface area contributed by atoms with Crippen molar-refractivity contribution < 1.29 is 9.15 Å². The molecule has 1 heterocycles. The molecular formula is C15H25NO2. The molecule has 1 aromatic heterocycles. The highest BCUT2D eigenvalue weighted by atomic mass is 16.5. The van der Waals surface area contributed by atoms with Gasteiger partial charge >= 0.3 is 0 Å². The van der Waals surface area contributed by atoms with Crippen molar-refractivity contribution >= 4 is 0 Å². The lowest BCUT2D eigenvalue weighted by atomic mass is 10.1. The van der Waals surface area contributed by atoms with E-state index in [0.29, 0.717) is 12.7 Å². The summed E-state index contributed by atoms with van der Waals surface area (Å²) in [4.78, 5) is 0. The van der Waals surface area contributed by atoms with E-state index in [4.69, 9.17) is 9.15 Å². The lowest BCUT2D eigenvalue weighted by Gasteiger charge is -2.20. The Morgan fingerprint density at radius 3 is 2.72 bits per heavy atom. The second kappa shape index (κ2) is 5.89. The predicted octanol–water partition coefficient (Wildman–Crippen LogP) is 3.63. The summed E-state index contributed by atoms with van der Waals surface area (Å²) in [5.74, 6) is 1.00. The average Bonchev–Trinajstić information content (AvgIpc) is 2.94. The molecule has 2 rings (SSSR count). The smallest absolute Gasteiger partial charge is 0.123 e. The lowest BCUT2D eigenvalue weighted by Crippen LogP contribution is -2.35. The summed E-state index contributed by atoms with van der Waals surface area (Å²) in [6.07, 6.45) is 7.28. The highest BCUT2D eigenvalue weighted by Gasteiger charge is 2.17. The van der Waals surface area contributed by atoms with Gasteiger partial charge in [0.25, 0.3) is 0 Å². The van der Waals surface area contributed by atoms with Crippen LogP contribution in [0.3, 0.4) is 0 Å². The predicted molar refractivity (Wildman–Crippen MR) is 72.3 cm³/mol. The summed E-state index contributed by atoms with van der Waals surface area (Å²) in [5.41, 5.74) is 1.29. The molecule has 1 aliphatic carbocycles. The van der Waals surface area contributed by atoms with E-state index in [2.05, 4.69) is 26.1 Å². The van der Waals surface area contributed by atoms with Crippen LogP contribution in [0.25, 0.3) is 0 Å². The van der Waals surface area contributed by atoms with Gasteiger partial charge in [0.15, 0.2) is 0 Å². The van der Waals surface area contributed by atoms with Crippen LogP contribution in [0.1, 0.15) is 57.8 Å². The molecule has 0 unspecified atom stereocenters. The maximum atomic E-state index is 5.93. The second-order valence-corrected chi connectivity index (χ2v) is 6.19. The summed E-state index contributed by atoms with van der Waals surface area (Å²) in [6.45, 7) is 7.92. The minimum absolute atomic E-state index is 0.108. The van der Waals surface area contributed by atoms with Crippen LogP contribution in [0.4, 0.5) is 0 Å². The van der Waals surface area contributed by atoms with Crippen LogP contribution in [0.2, 0.25) is 0 Å². The van der Waals surface area contributed by atoms with Crippen molar-refractivity contribution in [2.24, 2.45) is 0 Å². The van der Waals surface area contributed by atoms with Crippen LogP contribution in [0.15, 0.2) is 16.7 Å². The normalized spacial score (nSPS) is 17.5. The van der Waals surface area contributed by atoms with Crippen molar-refractivity contribution in [3.05, 3.63) is 23.7 Å². The minimum Gasteiger partial charge on any atom is -0.468 e. The second-order valence-electron chi connectivity index (χ2n) is 6.19. The van der Waals surface area contributed by atoms with Gasteiger partial charge in [0.1, 0.15) is 5.76 Å². The Morgan fingerprint density at radius 2 is 2.06 bits per heavy atom. The van der Waals surface area contributed by atoms with Crippen LogP contribution in [-0.4, -0.2) is 11.6 Å². The molecule has 1 N–H and O–H groups in total. The van der Waals surface area contributed by atoms with Gasteiger partial charge in [0.05, 0.1) is 25.5 Å². The zero-order valence-electron chi connectivity index (χ0n) is 11.8. The van der Waals surface area contributed by atoms with Crippen LogP contribution in [-0.2, 0) is 17.9 Å². The number of nitrogens with one attached hydrogen (secondary N) is 1. The number of hydrogen-bond donors (Lipinski definition) is 1. The van der Waals surface area contributed by atoms with Gasteiger partial charge in [-0.2, -0.15) is 0 Å². The Morgan fingerprint density at radius 1 is 1.33 bits per heavy atom. The van der Waals surface area contributed by atoms with Gasteiger partial charge in [0, 0.05) is 11.1 Å². The SMILES string of the molecule is CC(C)(C)NCc1occc1COC1CCCC1. The molecule has 3 heteroatoms. The van der Waals surface area contributed by atoms with Crippen molar-refractivity contribution in [2.75, 3.05) is 0 Å². The van der Waals surface area contributed by atoms with E-state index >= 15 is 0 Å². The van der Waals surface area contributed by atoms with Gasteiger partial charge in [-0.15, -0.1) is 0 Å². The zero-order valence-corrected chi connectivity index (χ0v) is 11.8. The molecule has 1 aliphatic rings. The average molecular weight is 251 g/mol. The largest absolute Gasteiger partial charge is 0.468 e. The fraction of sp³-hybridized carbons (Fsp3) is 0.733.